The van der Waals surface area contributed by atoms with Gasteiger partial charge in [-0.05, 0) is 55.8 Å². The third kappa shape index (κ3) is 1.24. The molecule has 0 aromatic rings. The minimum Gasteiger partial charge on any atom is -0.390 e. The van der Waals surface area contributed by atoms with E-state index in [0.717, 1.165) is 12.8 Å². The topological polar surface area (TPSA) is 40.5 Å². The Kier molecular flexibility index (Phi) is 2.17. The van der Waals surface area contributed by atoms with E-state index in [2.05, 4.69) is 20.8 Å². The van der Waals surface area contributed by atoms with Gasteiger partial charge >= 0.3 is 0 Å². The lowest BCUT2D eigenvalue weighted by molar-refractivity contribution is -0.195. The Bertz CT molecular complexity index is 347. The van der Waals surface area contributed by atoms with E-state index >= 15 is 0 Å². The molecule has 17 heavy (non-hydrogen) atoms. The van der Waals surface area contributed by atoms with Crippen LogP contribution in [0.25, 0.3) is 0 Å². The SMILES string of the molecule is C[C@H]1CC2CCC(C)(C)[C@@H]3C[C@@]23[C@](C)(O)[C@H]1O. The van der Waals surface area contributed by atoms with Crippen LogP contribution in [0, 0.1) is 28.6 Å². The first-order chi connectivity index (χ1) is 7.73. The molecule has 6 atom stereocenters. The van der Waals surface area contributed by atoms with E-state index in [9.17, 15) is 10.2 Å². The summed E-state index contributed by atoms with van der Waals surface area (Å²) in [5.41, 5.74) is -0.501. The first-order valence-electron chi connectivity index (χ1n) is 7.14. The van der Waals surface area contributed by atoms with Crippen LogP contribution < -0.4 is 0 Å². The third-order valence-electron chi connectivity index (χ3n) is 6.53. The van der Waals surface area contributed by atoms with Gasteiger partial charge in [0.1, 0.15) is 0 Å². The average molecular weight is 238 g/mol. The molecule has 1 unspecified atom stereocenters. The molecule has 3 fully saturated rings. The van der Waals surface area contributed by atoms with E-state index in [0.29, 0.717) is 17.3 Å². The van der Waals surface area contributed by atoms with Gasteiger partial charge in [0.05, 0.1) is 11.7 Å². The fraction of sp³-hybridized carbons (Fsp3) is 1.00. The van der Waals surface area contributed by atoms with Gasteiger partial charge in [0.15, 0.2) is 0 Å². The van der Waals surface area contributed by atoms with Gasteiger partial charge < -0.3 is 10.2 Å². The number of hydrogen-bond donors (Lipinski definition) is 2. The summed E-state index contributed by atoms with van der Waals surface area (Å²) >= 11 is 0. The highest BCUT2D eigenvalue weighted by Gasteiger charge is 2.76. The highest BCUT2D eigenvalue weighted by Crippen LogP contribution is 2.77. The van der Waals surface area contributed by atoms with Gasteiger partial charge in [-0.25, -0.2) is 0 Å². The minimum absolute atomic E-state index is 0.0284. The highest BCUT2D eigenvalue weighted by atomic mass is 16.3. The smallest absolute Gasteiger partial charge is 0.0941 e. The summed E-state index contributed by atoms with van der Waals surface area (Å²) in [7, 11) is 0. The molecular weight excluding hydrogens is 212 g/mol. The summed E-state index contributed by atoms with van der Waals surface area (Å²) in [6, 6.07) is 0. The summed E-state index contributed by atoms with van der Waals surface area (Å²) in [4.78, 5) is 0. The standard InChI is InChI=1S/C15H26O2/c1-9-7-10-5-6-13(2,3)11-8-15(10,11)14(4,17)12(9)16/h9-12,16-17H,5-8H2,1-4H3/t9-,10?,11-,12-,14+,15+/m0/s1. The van der Waals surface area contributed by atoms with Crippen molar-refractivity contribution < 1.29 is 10.2 Å². The van der Waals surface area contributed by atoms with E-state index in [1.54, 1.807) is 0 Å². The Hall–Kier alpha value is -0.0800. The largest absolute Gasteiger partial charge is 0.390 e. The molecule has 2 heteroatoms. The van der Waals surface area contributed by atoms with Crippen molar-refractivity contribution in [3.8, 4) is 0 Å². The van der Waals surface area contributed by atoms with Crippen LogP contribution in [0.5, 0.6) is 0 Å². The fourth-order valence-electron chi connectivity index (χ4n) is 5.39. The summed E-state index contributed by atoms with van der Waals surface area (Å²) in [6.45, 7) is 8.65. The van der Waals surface area contributed by atoms with Crippen molar-refractivity contribution in [1.82, 2.24) is 0 Å². The van der Waals surface area contributed by atoms with Crippen molar-refractivity contribution in [3.05, 3.63) is 0 Å². The normalized spacial score (nSPS) is 60.4. The van der Waals surface area contributed by atoms with Gasteiger partial charge in [0, 0.05) is 5.41 Å². The van der Waals surface area contributed by atoms with Crippen LogP contribution in [0.1, 0.15) is 53.4 Å². The molecule has 0 aromatic carbocycles. The van der Waals surface area contributed by atoms with Gasteiger partial charge in [-0.2, -0.15) is 0 Å². The first kappa shape index (κ1) is 12.0. The molecule has 0 heterocycles. The fourth-order valence-corrected chi connectivity index (χ4v) is 5.39. The monoisotopic (exact) mass is 238 g/mol. The lowest BCUT2D eigenvalue weighted by atomic mass is 9.54. The molecule has 2 nitrogen and oxygen atoms in total. The molecule has 3 saturated carbocycles. The maximum atomic E-state index is 10.9. The number of rotatable bonds is 0. The second kappa shape index (κ2) is 3.08. The van der Waals surface area contributed by atoms with Crippen molar-refractivity contribution in [2.45, 2.75) is 65.1 Å². The molecule has 2 N–H and O–H groups in total. The van der Waals surface area contributed by atoms with E-state index in [1.165, 1.54) is 12.8 Å². The molecular formula is C15H26O2. The molecule has 0 radical (unpaired) electrons. The number of aliphatic hydroxyl groups is 2. The Morgan fingerprint density at radius 2 is 1.82 bits per heavy atom. The van der Waals surface area contributed by atoms with Gasteiger partial charge in [0.25, 0.3) is 0 Å². The Labute approximate surface area is 104 Å². The first-order valence-corrected chi connectivity index (χ1v) is 7.14. The average Bonchev–Trinajstić information content (AvgIpc) is 2.97. The number of hydrogen-bond acceptors (Lipinski definition) is 2. The van der Waals surface area contributed by atoms with E-state index in [4.69, 9.17) is 0 Å². The summed E-state index contributed by atoms with van der Waals surface area (Å²) in [5, 5.41) is 21.2. The molecule has 0 amide bonds. The summed E-state index contributed by atoms with van der Waals surface area (Å²) in [5.74, 6) is 1.49. The van der Waals surface area contributed by atoms with Crippen LogP contribution in [0.15, 0.2) is 0 Å². The van der Waals surface area contributed by atoms with Crippen LogP contribution in [0.3, 0.4) is 0 Å². The Morgan fingerprint density at radius 1 is 1.18 bits per heavy atom. The molecule has 0 saturated heterocycles. The zero-order chi connectivity index (χ0) is 12.6. The van der Waals surface area contributed by atoms with Crippen LogP contribution in [0.4, 0.5) is 0 Å². The van der Waals surface area contributed by atoms with Gasteiger partial charge in [-0.15, -0.1) is 0 Å². The molecule has 3 aliphatic carbocycles. The van der Waals surface area contributed by atoms with Crippen molar-refractivity contribution in [1.29, 1.82) is 0 Å². The van der Waals surface area contributed by atoms with Gasteiger partial charge in [-0.1, -0.05) is 20.8 Å². The third-order valence-corrected chi connectivity index (χ3v) is 6.53. The predicted molar refractivity (Wildman–Crippen MR) is 67.5 cm³/mol. The van der Waals surface area contributed by atoms with E-state index in [-0.39, 0.29) is 11.3 Å². The van der Waals surface area contributed by atoms with Crippen molar-refractivity contribution in [2.24, 2.45) is 28.6 Å². The summed E-state index contributed by atoms with van der Waals surface area (Å²) in [6.07, 6.45) is 4.20. The molecule has 3 rings (SSSR count). The van der Waals surface area contributed by atoms with Crippen LogP contribution in [-0.4, -0.2) is 21.9 Å². The second-order valence-corrected chi connectivity index (χ2v) is 7.83. The highest BCUT2D eigenvalue weighted by molar-refractivity contribution is 5.25. The van der Waals surface area contributed by atoms with Crippen LogP contribution in [0.2, 0.25) is 0 Å². The number of aliphatic hydroxyl groups excluding tert-OH is 1. The molecule has 98 valence electrons. The maximum absolute atomic E-state index is 10.9. The lowest BCUT2D eigenvalue weighted by Crippen LogP contribution is -2.60. The summed E-state index contributed by atoms with van der Waals surface area (Å²) < 4.78 is 0. The molecule has 1 spiro atoms. The molecule has 0 aliphatic heterocycles. The lowest BCUT2D eigenvalue weighted by Gasteiger charge is -2.54. The van der Waals surface area contributed by atoms with Gasteiger partial charge in [-0.3, -0.25) is 0 Å². The molecule has 0 aromatic heterocycles. The second-order valence-electron chi connectivity index (χ2n) is 7.83. The van der Waals surface area contributed by atoms with E-state index in [1.807, 2.05) is 6.92 Å². The van der Waals surface area contributed by atoms with Crippen molar-refractivity contribution in [2.75, 3.05) is 0 Å². The van der Waals surface area contributed by atoms with Crippen LogP contribution >= 0.6 is 0 Å². The predicted octanol–water partition coefficient (Wildman–Crippen LogP) is 2.58. The van der Waals surface area contributed by atoms with Gasteiger partial charge in [0.2, 0.25) is 0 Å². The zero-order valence-electron chi connectivity index (χ0n) is 11.5. The van der Waals surface area contributed by atoms with Crippen molar-refractivity contribution in [3.63, 3.8) is 0 Å². The minimum atomic E-state index is -0.877. The Balaban J connectivity index is 2.00. The Morgan fingerprint density at radius 3 is 2.47 bits per heavy atom. The maximum Gasteiger partial charge on any atom is 0.0941 e. The van der Waals surface area contributed by atoms with E-state index < -0.39 is 11.7 Å². The quantitative estimate of drug-likeness (QED) is 0.681. The zero-order valence-corrected chi connectivity index (χ0v) is 11.5. The molecule has 0 bridgehead atoms. The van der Waals surface area contributed by atoms with Crippen LogP contribution in [-0.2, 0) is 0 Å². The molecule has 3 aliphatic rings. The van der Waals surface area contributed by atoms with Crippen molar-refractivity contribution >= 4 is 0 Å².